The molecule has 2 aliphatic rings. The first-order chi connectivity index (χ1) is 10.5. The summed E-state index contributed by atoms with van der Waals surface area (Å²) in [4.78, 5) is 25.3. The maximum Gasteiger partial charge on any atom is 0.356 e. The highest BCUT2D eigenvalue weighted by Gasteiger charge is 2.76. The fourth-order valence-corrected chi connectivity index (χ4v) is 4.21. The van der Waals surface area contributed by atoms with E-state index in [2.05, 4.69) is 0 Å². The van der Waals surface area contributed by atoms with E-state index in [0.717, 1.165) is 16.7 Å². The van der Waals surface area contributed by atoms with Crippen LogP contribution in [0.15, 0.2) is 12.1 Å². The van der Waals surface area contributed by atoms with Crippen molar-refractivity contribution in [1.29, 1.82) is 0 Å². The summed E-state index contributed by atoms with van der Waals surface area (Å²) < 4.78 is 11.3. The molecule has 2 bridgehead atoms. The molecule has 3 rings (SSSR count). The van der Waals surface area contributed by atoms with Crippen molar-refractivity contribution in [2.24, 2.45) is 10.8 Å². The Kier molecular flexibility index (Phi) is 3.20. The summed E-state index contributed by atoms with van der Waals surface area (Å²) in [5.74, 6) is -0.169. The third-order valence-electron chi connectivity index (χ3n) is 6.21. The Labute approximate surface area is 137 Å². The highest BCUT2D eigenvalue weighted by atomic mass is 16.6. The first-order valence-corrected chi connectivity index (χ1v) is 8.09. The molecule has 0 amide bonds. The lowest BCUT2D eigenvalue weighted by molar-refractivity contribution is -0.176. The van der Waals surface area contributed by atoms with Gasteiger partial charge in [-0.05, 0) is 51.7 Å². The topological polar surface area (TPSA) is 52.6 Å². The normalized spacial score (nSPS) is 31.1. The van der Waals surface area contributed by atoms with Crippen molar-refractivity contribution in [3.63, 3.8) is 0 Å². The third kappa shape index (κ3) is 1.84. The van der Waals surface area contributed by atoms with Gasteiger partial charge in [0.2, 0.25) is 5.60 Å². The monoisotopic (exact) mass is 316 g/mol. The van der Waals surface area contributed by atoms with E-state index >= 15 is 0 Å². The Balaban J connectivity index is 1.98. The highest BCUT2D eigenvalue weighted by molar-refractivity contribution is 5.94. The summed E-state index contributed by atoms with van der Waals surface area (Å²) in [7, 11) is 0. The van der Waals surface area contributed by atoms with Crippen molar-refractivity contribution in [3.05, 3.63) is 28.8 Å². The van der Waals surface area contributed by atoms with Gasteiger partial charge < -0.3 is 9.47 Å². The van der Waals surface area contributed by atoms with Crippen molar-refractivity contribution in [2.75, 3.05) is 0 Å². The maximum atomic E-state index is 13.0. The van der Waals surface area contributed by atoms with Gasteiger partial charge in [0.1, 0.15) is 5.75 Å². The summed E-state index contributed by atoms with van der Waals surface area (Å²) in [5.41, 5.74) is 0.566. The summed E-state index contributed by atoms with van der Waals surface area (Å²) in [6.07, 6.45) is 1.17. The van der Waals surface area contributed by atoms with Gasteiger partial charge in [-0.3, -0.25) is 4.79 Å². The number of benzene rings is 1. The molecule has 2 unspecified atom stereocenters. The predicted octanol–water partition coefficient (Wildman–Crippen LogP) is 3.64. The first-order valence-electron chi connectivity index (χ1n) is 8.09. The van der Waals surface area contributed by atoms with Crippen LogP contribution in [0.5, 0.6) is 5.75 Å². The van der Waals surface area contributed by atoms with Crippen LogP contribution in [0.3, 0.4) is 0 Å². The molecule has 4 nitrogen and oxygen atoms in total. The van der Waals surface area contributed by atoms with E-state index in [1.54, 1.807) is 0 Å². The molecule has 4 heteroatoms. The minimum absolute atomic E-state index is 0.289. The number of carbonyl (C=O) groups is 2. The number of aryl methyl sites for hydroxylation is 3. The Morgan fingerprint density at radius 2 is 1.65 bits per heavy atom. The van der Waals surface area contributed by atoms with Crippen molar-refractivity contribution in [1.82, 2.24) is 0 Å². The second-order valence-electron chi connectivity index (χ2n) is 7.79. The average Bonchev–Trinajstić information content (AvgIpc) is 2.73. The summed E-state index contributed by atoms with van der Waals surface area (Å²) in [6, 6.07) is 3.97. The minimum Gasteiger partial charge on any atom is -0.446 e. The Morgan fingerprint density at radius 1 is 1.09 bits per heavy atom. The van der Waals surface area contributed by atoms with Crippen molar-refractivity contribution in [3.8, 4) is 5.75 Å². The molecule has 1 aromatic carbocycles. The summed E-state index contributed by atoms with van der Waals surface area (Å²) >= 11 is 0. The second kappa shape index (κ2) is 4.59. The van der Waals surface area contributed by atoms with Crippen LogP contribution in [0, 0.1) is 31.6 Å². The maximum absolute atomic E-state index is 13.0. The van der Waals surface area contributed by atoms with Gasteiger partial charge in [0.05, 0.1) is 5.41 Å². The molecule has 124 valence electrons. The SMILES string of the molecule is Cc1cc(C)c(OC(=O)C23CCC(C)(C(=O)O2)C3(C)C)c(C)c1. The first kappa shape index (κ1) is 16.0. The standard InChI is InChI=1S/C19H24O4/c1-11-9-12(2)14(13(3)10-11)22-16(21)19-8-7-18(6,15(20)23-19)17(19,4)5/h9-10H,7-8H2,1-6H3. The van der Waals surface area contributed by atoms with E-state index in [0.29, 0.717) is 18.6 Å². The molecule has 0 radical (unpaired) electrons. The number of hydrogen-bond donors (Lipinski definition) is 0. The number of esters is 2. The third-order valence-corrected chi connectivity index (χ3v) is 6.21. The van der Waals surface area contributed by atoms with E-state index in [1.807, 2.05) is 53.7 Å². The lowest BCUT2D eigenvalue weighted by Crippen LogP contribution is -2.50. The molecular weight excluding hydrogens is 292 g/mol. The molecule has 0 aromatic heterocycles. The van der Waals surface area contributed by atoms with Gasteiger partial charge in [-0.1, -0.05) is 31.5 Å². The zero-order chi connectivity index (χ0) is 17.2. The van der Waals surface area contributed by atoms with Crippen LogP contribution >= 0.6 is 0 Å². The van der Waals surface area contributed by atoms with Crippen LogP contribution in [-0.2, 0) is 14.3 Å². The average molecular weight is 316 g/mol. The van der Waals surface area contributed by atoms with Crippen molar-refractivity contribution in [2.45, 2.75) is 60.0 Å². The van der Waals surface area contributed by atoms with Gasteiger partial charge in [0.15, 0.2) is 0 Å². The van der Waals surface area contributed by atoms with Crippen molar-refractivity contribution < 1.29 is 19.1 Å². The molecule has 1 aromatic rings. The van der Waals surface area contributed by atoms with Gasteiger partial charge in [-0.2, -0.15) is 0 Å². The Morgan fingerprint density at radius 3 is 2.09 bits per heavy atom. The van der Waals surface area contributed by atoms with Gasteiger partial charge in [-0.25, -0.2) is 4.79 Å². The molecule has 0 spiro atoms. The lowest BCUT2D eigenvalue weighted by atomic mass is 9.66. The fraction of sp³-hybridized carbons (Fsp3) is 0.579. The molecule has 1 saturated heterocycles. The van der Waals surface area contributed by atoms with Crippen LogP contribution in [0.2, 0.25) is 0 Å². The summed E-state index contributed by atoms with van der Waals surface area (Å²) in [5, 5.41) is 0. The molecule has 23 heavy (non-hydrogen) atoms. The van der Waals surface area contributed by atoms with E-state index in [9.17, 15) is 9.59 Å². The Bertz CT molecular complexity index is 695. The fourth-order valence-electron chi connectivity index (χ4n) is 4.21. The molecule has 2 atom stereocenters. The van der Waals surface area contributed by atoms with Gasteiger partial charge in [0.25, 0.3) is 0 Å². The second-order valence-corrected chi connectivity index (χ2v) is 7.79. The van der Waals surface area contributed by atoms with Gasteiger partial charge in [-0.15, -0.1) is 0 Å². The van der Waals surface area contributed by atoms with E-state index < -0.39 is 22.4 Å². The zero-order valence-corrected chi connectivity index (χ0v) is 14.7. The molecule has 1 saturated carbocycles. The van der Waals surface area contributed by atoms with Crippen molar-refractivity contribution >= 4 is 11.9 Å². The van der Waals surface area contributed by atoms with E-state index in [-0.39, 0.29) is 5.97 Å². The smallest absolute Gasteiger partial charge is 0.356 e. The molecule has 1 aliphatic carbocycles. The van der Waals surface area contributed by atoms with Crippen LogP contribution in [0.1, 0.15) is 50.3 Å². The van der Waals surface area contributed by atoms with E-state index in [1.165, 1.54) is 0 Å². The zero-order valence-electron chi connectivity index (χ0n) is 14.7. The quantitative estimate of drug-likeness (QED) is 0.617. The molecule has 1 aliphatic heterocycles. The summed E-state index contributed by atoms with van der Waals surface area (Å²) in [6.45, 7) is 11.6. The highest BCUT2D eigenvalue weighted by Crippen LogP contribution is 2.65. The lowest BCUT2D eigenvalue weighted by Gasteiger charge is -2.34. The molecule has 0 N–H and O–H groups in total. The number of rotatable bonds is 2. The van der Waals surface area contributed by atoms with Crippen LogP contribution in [-0.4, -0.2) is 17.5 Å². The number of fused-ring (bicyclic) bond motifs is 2. The number of hydrogen-bond acceptors (Lipinski definition) is 4. The number of ether oxygens (including phenoxy) is 2. The minimum atomic E-state index is -1.18. The molecular formula is C19H24O4. The Hall–Kier alpha value is -1.84. The van der Waals surface area contributed by atoms with Crippen LogP contribution in [0.25, 0.3) is 0 Å². The molecule has 2 fully saturated rings. The molecule has 1 heterocycles. The van der Waals surface area contributed by atoms with E-state index in [4.69, 9.17) is 9.47 Å². The van der Waals surface area contributed by atoms with Crippen LogP contribution < -0.4 is 4.74 Å². The predicted molar refractivity (Wildman–Crippen MR) is 86.2 cm³/mol. The van der Waals surface area contributed by atoms with Gasteiger partial charge >= 0.3 is 11.9 Å². The van der Waals surface area contributed by atoms with Gasteiger partial charge in [0, 0.05) is 5.41 Å². The van der Waals surface area contributed by atoms with Crippen LogP contribution in [0.4, 0.5) is 0 Å². The largest absolute Gasteiger partial charge is 0.446 e. The number of carbonyl (C=O) groups excluding carboxylic acids is 2.